The van der Waals surface area contributed by atoms with Crippen LogP contribution in [0.5, 0.6) is 5.75 Å². The van der Waals surface area contributed by atoms with Crippen LogP contribution in [0.1, 0.15) is 16.1 Å². The lowest BCUT2D eigenvalue weighted by atomic mass is 10.2. The largest absolute Gasteiger partial charge is 0.497 e. The van der Waals surface area contributed by atoms with E-state index in [1.54, 1.807) is 11.8 Å². The summed E-state index contributed by atoms with van der Waals surface area (Å²) in [5, 5.41) is 17.1. The Kier molecular flexibility index (Phi) is 5.38. The molecule has 22 heavy (non-hydrogen) atoms. The van der Waals surface area contributed by atoms with E-state index in [4.69, 9.17) is 10.00 Å². The summed E-state index contributed by atoms with van der Waals surface area (Å²) >= 11 is 1.20. The number of benzene rings is 1. The third kappa shape index (κ3) is 3.56. The van der Waals surface area contributed by atoms with Crippen LogP contribution in [0.25, 0.3) is 0 Å². The number of rotatable bonds is 6. The van der Waals surface area contributed by atoms with Crippen LogP contribution >= 0.6 is 11.8 Å². The lowest BCUT2D eigenvalue weighted by Crippen LogP contribution is -2.07. The molecule has 0 radical (unpaired) electrons. The first-order valence-electron chi connectivity index (χ1n) is 6.34. The van der Waals surface area contributed by atoms with E-state index in [2.05, 4.69) is 15.0 Å². The third-order valence-corrected chi connectivity index (χ3v) is 3.78. The zero-order chi connectivity index (χ0) is 15.9. The van der Waals surface area contributed by atoms with Gasteiger partial charge in [0.15, 0.2) is 0 Å². The van der Waals surface area contributed by atoms with E-state index < -0.39 is 5.97 Å². The second-order valence-electron chi connectivity index (χ2n) is 4.19. The lowest BCUT2D eigenvalue weighted by Gasteiger charge is -2.07. The number of hydrogen-bond donors (Lipinski definition) is 0. The molecule has 0 saturated carbocycles. The first kappa shape index (κ1) is 15.9. The van der Waals surface area contributed by atoms with E-state index >= 15 is 0 Å². The molecule has 114 valence electrons. The zero-order valence-electron chi connectivity index (χ0n) is 12.1. The molecule has 0 fully saturated rings. The van der Waals surface area contributed by atoms with Gasteiger partial charge in [-0.2, -0.15) is 5.26 Å². The van der Waals surface area contributed by atoms with Crippen LogP contribution < -0.4 is 4.74 Å². The van der Waals surface area contributed by atoms with E-state index in [9.17, 15) is 4.79 Å². The van der Waals surface area contributed by atoms with Crippen LogP contribution in [0.2, 0.25) is 0 Å². The number of hydrogen-bond acceptors (Lipinski definition) is 7. The highest BCUT2D eigenvalue weighted by Gasteiger charge is 2.20. The third-order valence-electron chi connectivity index (χ3n) is 2.83. The van der Waals surface area contributed by atoms with Gasteiger partial charge < -0.3 is 9.47 Å². The van der Waals surface area contributed by atoms with E-state index in [0.29, 0.717) is 11.6 Å². The van der Waals surface area contributed by atoms with Gasteiger partial charge in [-0.3, -0.25) is 0 Å². The summed E-state index contributed by atoms with van der Waals surface area (Å²) in [5.74, 6) is 0.387. The number of carbonyl (C=O) groups is 1. The summed E-state index contributed by atoms with van der Waals surface area (Å²) in [6.45, 7) is 0.432. The molecule has 0 aliphatic heterocycles. The molecule has 0 aliphatic rings. The predicted octanol–water partition coefficient (Wildman–Crippen LogP) is 1.74. The Labute approximate surface area is 131 Å². The van der Waals surface area contributed by atoms with Crippen LogP contribution in [0.3, 0.4) is 0 Å². The minimum absolute atomic E-state index is 0.122. The summed E-state index contributed by atoms with van der Waals surface area (Å²) in [7, 11) is 2.88. The average molecular weight is 318 g/mol. The zero-order valence-corrected chi connectivity index (χ0v) is 13.0. The van der Waals surface area contributed by atoms with Gasteiger partial charge in [0, 0.05) is 0 Å². The number of ether oxygens (including phenoxy) is 2. The molecule has 7 nitrogen and oxygen atoms in total. The maximum atomic E-state index is 11.7. The molecule has 2 aromatic rings. The Hall–Kier alpha value is -2.53. The Morgan fingerprint density at radius 1 is 1.36 bits per heavy atom. The number of methoxy groups -OCH3 is 2. The monoisotopic (exact) mass is 318 g/mol. The SMILES string of the molecule is COC(=O)c1nnn(Cc2ccc(OC)cc2)c1SCC#N. The highest BCUT2D eigenvalue weighted by atomic mass is 32.2. The number of nitrogens with zero attached hydrogens (tertiary/aromatic N) is 4. The summed E-state index contributed by atoms with van der Waals surface area (Å²) in [6, 6.07) is 9.51. The lowest BCUT2D eigenvalue weighted by molar-refractivity contribution is 0.0589. The molecule has 0 atom stereocenters. The molecule has 1 aromatic carbocycles. The van der Waals surface area contributed by atoms with Crippen LogP contribution in [0, 0.1) is 11.3 Å². The number of thioether (sulfide) groups is 1. The maximum Gasteiger partial charge on any atom is 0.361 e. The first-order valence-corrected chi connectivity index (χ1v) is 7.32. The Morgan fingerprint density at radius 3 is 2.68 bits per heavy atom. The molecule has 0 amide bonds. The fourth-order valence-corrected chi connectivity index (χ4v) is 2.49. The molecule has 0 aliphatic carbocycles. The molecular formula is C14H14N4O3S. The van der Waals surface area contributed by atoms with Crippen molar-refractivity contribution in [1.29, 1.82) is 5.26 Å². The van der Waals surface area contributed by atoms with Gasteiger partial charge in [-0.25, -0.2) is 9.48 Å². The standard InChI is InChI=1S/C14H14N4O3S/c1-20-11-5-3-10(4-6-11)9-18-13(22-8-7-15)12(16-17-18)14(19)21-2/h3-6H,8-9H2,1-2H3. The van der Waals surface area contributed by atoms with Crippen LogP contribution in [0.15, 0.2) is 29.3 Å². The van der Waals surface area contributed by atoms with Gasteiger partial charge in [0.2, 0.25) is 5.69 Å². The molecule has 0 bridgehead atoms. The van der Waals surface area contributed by atoms with Crippen molar-refractivity contribution in [2.24, 2.45) is 0 Å². The summed E-state index contributed by atoms with van der Waals surface area (Å²) in [5.41, 5.74) is 1.09. The molecule has 1 aromatic heterocycles. The fourth-order valence-electron chi connectivity index (χ4n) is 1.78. The minimum Gasteiger partial charge on any atom is -0.497 e. The number of aromatic nitrogens is 3. The quantitative estimate of drug-likeness (QED) is 0.592. The molecule has 0 N–H and O–H groups in total. The van der Waals surface area contributed by atoms with Gasteiger partial charge in [-0.05, 0) is 17.7 Å². The van der Waals surface area contributed by atoms with Crippen molar-refractivity contribution in [3.05, 3.63) is 35.5 Å². The van der Waals surface area contributed by atoms with Crippen molar-refractivity contribution in [3.8, 4) is 11.8 Å². The van der Waals surface area contributed by atoms with Crippen molar-refractivity contribution in [1.82, 2.24) is 15.0 Å². The van der Waals surface area contributed by atoms with Crippen LogP contribution in [-0.2, 0) is 11.3 Å². The van der Waals surface area contributed by atoms with E-state index in [1.807, 2.05) is 30.3 Å². The predicted molar refractivity (Wildman–Crippen MR) is 79.8 cm³/mol. The van der Waals surface area contributed by atoms with Crippen molar-refractivity contribution in [2.45, 2.75) is 11.6 Å². The Balaban J connectivity index is 2.27. The number of esters is 1. The van der Waals surface area contributed by atoms with Crippen molar-refractivity contribution in [2.75, 3.05) is 20.0 Å². The van der Waals surface area contributed by atoms with Crippen molar-refractivity contribution < 1.29 is 14.3 Å². The fraction of sp³-hybridized carbons (Fsp3) is 0.286. The van der Waals surface area contributed by atoms with E-state index in [0.717, 1.165) is 11.3 Å². The second kappa shape index (κ2) is 7.47. The summed E-state index contributed by atoms with van der Waals surface area (Å²) < 4.78 is 11.4. The van der Waals surface area contributed by atoms with Crippen molar-refractivity contribution >= 4 is 17.7 Å². The highest BCUT2D eigenvalue weighted by Crippen LogP contribution is 2.23. The smallest absolute Gasteiger partial charge is 0.361 e. The summed E-state index contributed by atoms with van der Waals surface area (Å²) in [4.78, 5) is 11.7. The molecule has 0 saturated heterocycles. The normalized spacial score (nSPS) is 10.0. The van der Waals surface area contributed by atoms with Crippen LogP contribution in [0.4, 0.5) is 0 Å². The van der Waals surface area contributed by atoms with Gasteiger partial charge in [0.1, 0.15) is 10.8 Å². The molecule has 0 unspecified atom stereocenters. The Bertz CT molecular complexity index is 691. The molecule has 0 spiro atoms. The molecule has 8 heteroatoms. The molecular weight excluding hydrogens is 304 g/mol. The second-order valence-corrected chi connectivity index (χ2v) is 5.15. The van der Waals surface area contributed by atoms with Crippen molar-refractivity contribution in [3.63, 3.8) is 0 Å². The minimum atomic E-state index is -0.568. The van der Waals surface area contributed by atoms with E-state index in [1.165, 1.54) is 18.9 Å². The Morgan fingerprint density at radius 2 is 2.09 bits per heavy atom. The highest BCUT2D eigenvalue weighted by molar-refractivity contribution is 7.99. The van der Waals surface area contributed by atoms with Gasteiger partial charge in [0.05, 0.1) is 32.6 Å². The van der Waals surface area contributed by atoms with E-state index in [-0.39, 0.29) is 11.4 Å². The molecule has 1 heterocycles. The number of carbonyl (C=O) groups excluding carboxylic acids is 1. The first-order chi connectivity index (χ1) is 10.7. The van der Waals surface area contributed by atoms with Gasteiger partial charge >= 0.3 is 5.97 Å². The average Bonchev–Trinajstić information content (AvgIpc) is 2.95. The van der Waals surface area contributed by atoms with Gasteiger partial charge in [0.25, 0.3) is 0 Å². The molecule has 2 rings (SSSR count). The van der Waals surface area contributed by atoms with Crippen LogP contribution in [-0.4, -0.2) is 40.9 Å². The summed E-state index contributed by atoms with van der Waals surface area (Å²) in [6.07, 6.45) is 0. The topological polar surface area (TPSA) is 90.0 Å². The van der Waals surface area contributed by atoms with Gasteiger partial charge in [-0.15, -0.1) is 5.10 Å². The maximum absolute atomic E-state index is 11.7. The number of nitriles is 1. The van der Waals surface area contributed by atoms with Gasteiger partial charge in [-0.1, -0.05) is 29.1 Å².